The number of carbonyl (C=O) groups excluding carboxylic acids is 1. The fraction of sp³-hybridized carbons (Fsp3) is 0.714. The minimum Gasteiger partial charge on any atom is -0.478 e. The number of carboxylic acid groups (broad SMARTS) is 1. The van der Waals surface area contributed by atoms with Crippen molar-refractivity contribution in [2.75, 3.05) is 13.1 Å². The van der Waals surface area contributed by atoms with Crippen LogP contribution in [0.15, 0.2) is 11.6 Å². The summed E-state index contributed by atoms with van der Waals surface area (Å²) < 4.78 is 5.31. The number of aliphatic carboxylic acids is 1. The Morgan fingerprint density at radius 2 is 1.79 bits per heavy atom. The van der Waals surface area contributed by atoms with Crippen LogP contribution in [-0.2, 0) is 9.53 Å². The maximum absolute atomic E-state index is 11.8. The van der Waals surface area contributed by atoms with E-state index in [1.807, 2.05) is 20.8 Å². The zero-order valence-corrected chi connectivity index (χ0v) is 12.1. The van der Waals surface area contributed by atoms with Crippen LogP contribution < -0.4 is 0 Å². The molecular weight excluding hydrogens is 246 g/mol. The summed E-state index contributed by atoms with van der Waals surface area (Å²) in [7, 11) is 0. The number of carboxylic acids is 1. The SMILES string of the molecule is C/C(=C\C1CCN(C(=O)OC(C)(C)C)CC1)C(=O)O. The summed E-state index contributed by atoms with van der Waals surface area (Å²) in [6.07, 6.45) is 3.06. The average molecular weight is 269 g/mol. The Morgan fingerprint density at radius 1 is 1.26 bits per heavy atom. The van der Waals surface area contributed by atoms with Gasteiger partial charge in [0.1, 0.15) is 5.60 Å². The minimum atomic E-state index is -0.880. The van der Waals surface area contributed by atoms with E-state index >= 15 is 0 Å². The summed E-state index contributed by atoms with van der Waals surface area (Å²) >= 11 is 0. The number of amides is 1. The Kier molecular flexibility index (Phi) is 4.97. The van der Waals surface area contributed by atoms with Crippen molar-refractivity contribution in [3.8, 4) is 0 Å². The third-order valence-corrected chi connectivity index (χ3v) is 3.01. The predicted octanol–water partition coefficient (Wildman–Crippen LogP) is 2.66. The molecule has 1 aliphatic rings. The number of hydrogen-bond acceptors (Lipinski definition) is 3. The molecule has 1 saturated heterocycles. The van der Waals surface area contributed by atoms with Gasteiger partial charge in [0.2, 0.25) is 0 Å². The van der Waals surface area contributed by atoms with Crippen LogP contribution in [0.3, 0.4) is 0 Å². The van der Waals surface area contributed by atoms with Gasteiger partial charge < -0.3 is 14.7 Å². The first-order valence-corrected chi connectivity index (χ1v) is 6.58. The number of carbonyl (C=O) groups is 2. The van der Waals surface area contributed by atoms with E-state index in [-0.39, 0.29) is 12.0 Å². The molecule has 1 fully saturated rings. The minimum absolute atomic E-state index is 0.231. The van der Waals surface area contributed by atoms with Crippen molar-refractivity contribution in [1.29, 1.82) is 0 Å². The number of rotatable bonds is 2. The maximum atomic E-state index is 11.8. The number of nitrogens with zero attached hydrogens (tertiary/aromatic N) is 1. The Bertz CT molecular complexity index is 373. The summed E-state index contributed by atoms with van der Waals surface area (Å²) in [5.74, 6) is -0.649. The predicted molar refractivity (Wildman–Crippen MR) is 71.9 cm³/mol. The van der Waals surface area contributed by atoms with Gasteiger partial charge in [0.05, 0.1) is 0 Å². The molecule has 0 aromatic rings. The van der Waals surface area contributed by atoms with Crippen LogP contribution in [0.5, 0.6) is 0 Å². The molecule has 0 spiro atoms. The highest BCUT2D eigenvalue weighted by molar-refractivity contribution is 5.85. The first-order valence-electron chi connectivity index (χ1n) is 6.58. The molecule has 0 atom stereocenters. The lowest BCUT2D eigenvalue weighted by atomic mass is 9.95. The Hall–Kier alpha value is -1.52. The quantitative estimate of drug-likeness (QED) is 0.783. The summed E-state index contributed by atoms with van der Waals surface area (Å²) in [5, 5.41) is 8.83. The zero-order chi connectivity index (χ0) is 14.6. The van der Waals surface area contributed by atoms with Crippen molar-refractivity contribution in [2.45, 2.75) is 46.1 Å². The fourth-order valence-corrected chi connectivity index (χ4v) is 2.00. The van der Waals surface area contributed by atoms with Crippen molar-refractivity contribution >= 4 is 12.1 Å². The van der Waals surface area contributed by atoms with Crippen LogP contribution in [0.2, 0.25) is 0 Å². The second-order valence-corrected chi connectivity index (χ2v) is 5.96. The van der Waals surface area contributed by atoms with E-state index in [1.54, 1.807) is 17.9 Å². The van der Waals surface area contributed by atoms with Gasteiger partial charge >= 0.3 is 12.1 Å². The third kappa shape index (κ3) is 5.32. The van der Waals surface area contributed by atoms with Crippen molar-refractivity contribution in [1.82, 2.24) is 4.90 Å². The van der Waals surface area contributed by atoms with Crippen LogP contribution in [0, 0.1) is 5.92 Å². The highest BCUT2D eigenvalue weighted by atomic mass is 16.6. The highest BCUT2D eigenvalue weighted by Gasteiger charge is 2.26. The highest BCUT2D eigenvalue weighted by Crippen LogP contribution is 2.21. The van der Waals surface area contributed by atoms with Crippen molar-refractivity contribution in [3.63, 3.8) is 0 Å². The monoisotopic (exact) mass is 269 g/mol. The largest absolute Gasteiger partial charge is 0.478 e. The first-order chi connectivity index (χ1) is 8.69. The molecule has 5 heteroatoms. The molecule has 108 valence electrons. The summed E-state index contributed by atoms with van der Waals surface area (Å²) in [4.78, 5) is 24.3. The van der Waals surface area contributed by atoms with Crippen molar-refractivity contribution in [2.24, 2.45) is 5.92 Å². The molecule has 0 radical (unpaired) electrons. The van der Waals surface area contributed by atoms with Gasteiger partial charge in [-0.15, -0.1) is 0 Å². The lowest BCUT2D eigenvalue weighted by Gasteiger charge is -2.32. The molecule has 1 heterocycles. The van der Waals surface area contributed by atoms with E-state index in [0.29, 0.717) is 18.7 Å². The maximum Gasteiger partial charge on any atom is 0.410 e. The van der Waals surface area contributed by atoms with E-state index < -0.39 is 11.6 Å². The van der Waals surface area contributed by atoms with Crippen LogP contribution in [0.4, 0.5) is 4.79 Å². The number of hydrogen-bond donors (Lipinski definition) is 1. The van der Waals surface area contributed by atoms with E-state index in [4.69, 9.17) is 9.84 Å². The molecule has 1 N–H and O–H groups in total. The molecule has 1 aliphatic heterocycles. The third-order valence-electron chi connectivity index (χ3n) is 3.01. The molecule has 0 saturated carbocycles. The van der Waals surface area contributed by atoms with Crippen LogP contribution >= 0.6 is 0 Å². The molecule has 19 heavy (non-hydrogen) atoms. The smallest absolute Gasteiger partial charge is 0.410 e. The van der Waals surface area contributed by atoms with Crippen LogP contribution in [0.1, 0.15) is 40.5 Å². The molecular formula is C14H23NO4. The molecule has 1 amide bonds. The van der Waals surface area contributed by atoms with Crippen molar-refractivity contribution in [3.05, 3.63) is 11.6 Å². The van der Waals surface area contributed by atoms with Crippen LogP contribution in [0.25, 0.3) is 0 Å². The Morgan fingerprint density at radius 3 is 2.21 bits per heavy atom. The Labute approximate surface area is 114 Å². The van der Waals surface area contributed by atoms with Gasteiger partial charge in [0.15, 0.2) is 0 Å². The molecule has 0 unspecified atom stereocenters. The van der Waals surface area contributed by atoms with E-state index in [0.717, 1.165) is 12.8 Å². The summed E-state index contributed by atoms with van der Waals surface area (Å²) in [6, 6.07) is 0. The van der Waals surface area contributed by atoms with Gasteiger partial charge in [-0.1, -0.05) is 6.08 Å². The fourth-order valence-electron chi connectivity index (χ4n) is 2.00. The number of likely N-dealkylation sites (tertiary alicyclic amines) is 1. The van der Waals surface area contributed by atoms with Crippen molar-refractivity contribution < 1.29 is 19.4 Å². The molecule has 5 nitrogen and oxygen atoms in total. The van der Waals surface area contributed by atoms with Gasteiger partial charge in [0, 0.05) is 18.7 Å². The van der Waals surface area contributed by atoms with Gasteiger partial charge in [-0.05, 0) is 46.5 Å². The summed E-state index contributed by atoms with van der Waals surface area (Å²) in [6.45, 7) is 8.36. The lowest BCUT2D eigenvalue weighted by Crippen LogP contribution is -2.41. The topological polar surface area (TPSA) is 66.8 Å². The second-order valence-electron chi connectivity index (χ2n) is 5.96. The van der Waals surface area contributed by atoms with Gasteiger partial charge in [-0.2, -0.15) is 0 Å². The van der Waals surface area contributed by atoms with Crippen LogP contribution in [-0.4, -0.2) is 40.8 Å². The lowest BCUT2D eigenvalue weighted by molar-refractivity contribution is -0.132. The molecule has 0 aromatic heterocycles. The normalized spacial score (nSPS) is 18.3. The standard InChI is InChI=1S/C14H23NO4/c1-10(12(16)17)9-11-5-7-15(8-6-11)13(18)19-14(2,3)4/h9,11H,5-8H2,1-4H3,(H,16,17)/b10-9+. The van der Waals surface area contributed by atoms with E-state index in [1.165, 1.54) is 0 Å². The Balaban J connectivity index is 2.47. The van der Waals surface area contributed by atoms with E-state index in [9.17, 15) is 9.59 Å². The molecule has 1 rings (SSSR count). The average Bonchev–Trinajstić information content (AvgIpc) is 2.27. The van der Waals surface area contributed by atoms with Gasteiger partial charge in [-0.3, -0.25) is 0 Å². The van der Waals surface area contributed by atoms with Gasteiger partial charge in [0.25, 0.3) is 0 Å². The second kappa shape index (κ2) is 6.08. The summed E-state index contributed by atoms with van der Waals surface area (Å²) in [5.41, 5.74) is -0.107. The molecule has 0 aromatic carbocycles. The molecule has 0 bridgehead atoms. The zero-order valence-electron chi connectivity index (χ0n) is 12.1. The molecule has 0 aliphatic carbocycles. The number of allylic oxidation sites excluding steroid dienone is 1. The first kappa shape index (κ1) is 15.5. The number of piperidine rings is 1. The van der Waals surface area contributed by atoms with Gasteiger partial charge in [-0.25, -0.2) is 9.59 Å². The van der Waals surface area contributed by atoms with E-state index in [2.05, 4.69) is 0 Å². The number of ether oxygens (including phenoxy) is 1.